The second-order valence-electron chi connectivity index (χ2n) is 7.41. The van der Waals surface area contributed by atoms with E-state index >= 15 is 0 Å². The molecule has 25 heavy (non-hydrogen) atoms. The Labute approximate surface area is 149 Å². The maximum atomic E-state index is 13.0. The van der Waals surface area contributed by atoms with Gasteiger partial charge in [0.1, 0.15) is 5.82 Å². The van der Waals surface area contributed by atoms with Crippen LogP contribution in [0.15, 0.2) is 24.3 Å². The normalized spacial score (nSPS) is 20.5. The Morgan fingerprint density at radius 1 is 1.08 bits per heavy atom. The average molecular weight is 348 g/mol. The number of carbonyl (C=O) groups is 1. The number of piperidine rings is 1. The Bertz CT molecular complexity index is 535. The van der Waals surface area contributed by atoms with Gasteiger partial charge in [-0.2, -0.15) is 0 Å². The van der Waals surface area contributed by atoms with Gasteiger partial charge in [0.05, 0.1) is 0 Å². The van der Waals surface area contributed by atoms with E-state index in [9.17, 15) is 9.18 Å². The molecule has 2 fully saturated rings. The third-order valence-corrected chi connectivity index (χ3v) is 5.43. The van der Waals surface area contributed by atoms with E-state index in [1.165, 1.54) is 12.1 Å². The summed E-state index contributed by atoms with van der Waals surface area (Å²) >= 11 is 0. The van der Waals surface area contributed by atoms with E-state index in [-0.39, 0.29) is 11.7 Å². The molecule has 1 aromatic carbocycles. The lowest BCUT2D eigenvalue weighted by molar-refractivity contribution is -0.122. The number of amides is 1. The minimum Gasteiger partial charge on any atom is -0.381 e. The lowest BCUT2D eigenvalue weighted by Crippen LogP contribution is -2.38. The highest BCUT2D eigenvalue weighted by molar-refractivity contribution is 5.76. The number of rotatable bonds is 6. The fraction of sp³-hybridized carbons (Fsp3) is 0.650. The van der Waals surface area contributed by atoms with Crippen molar-refractivity contribution in [1.82, 2.24) is 10.2 Å². The zero-order valence-corrected chi connectivity index (χ0v) is 14.9. The molecule has 1 aromatic rings. The summed E-state index contributed by atoms with van der Waals surface area (Å²) in [5.74, 6) is 1.08. The number of nitrogens with one attached hydrogen (secondary N) is 1. The minimum absolute atomic E-state index is 0.182. The van der Waals surface area contributed by atoms with Gasteiger partial charge >= 0.3 is 0 Å². The van der Waals surface area contributed by atoms with Crippen molar-refractivity contribution in [1.29, 1.82) is 0 Å². The van der Waals surface area contributed by atoms with Gasteiger partial charge in [-0.1, -0.05) is 12.1 Å². The van der Waals surface area contributed by atoms with Crippen LogP contribution in [0.1, 0.15) is 37.7 Å². The molecule has 0 aliphatic carbocycles. The Hall–Kier alpha value is -1.46. The smallest absolute Gasteiger partial charge is 0.220 e. The first-order valence-corrected chi connectivity index (χ1v) is 9.50. The summed E-state index contributed by atoms with van der Waals surface area (Å²) in [5.41, 5.74) is 1.16. The summed E-state index contributed by atoms with van der Waals surface area (Å²) in [6.07, 6.45) is 4.88. The van der Waals surface area contributed by atoms with Crippen LogP contribution in [0.4, 0.5) is 4.39 Å². The monoisotopic (exact) mass is 348 g/mol. The zero-order chi connectivity index (χ0) is 17.5. The highest BCUT2D eigenvalue weighted by Gasteiger charge is 2.21. The second-order valence-corrected chi connectivity index (χ2v) is 7.41. The van der Waals surface area contributed by atoms with Crippen LogP contribution in [0.2, 0.25) is 0 Å². The molecule has 2 saturated heterocycles. The lowest BCUT2D eigenvalue weighted by Gasteiger charge is -2.32. The van der Waals surface area contributed by atoms with Gasteiger partial charge in [-0.25, -0.2) is 4.39 Å². The van der Waals surface area contributed by atoms with Crippen LogP contribution in [0.3, 0.4) is 0 Å². The third-order valence-electron chi connectivity index (χ3n) is 5.43. The molecule has 0 saturated carbocycles. The van der Waals surface area contributed by atoms with Gasteiger partial charge in [0.25, 0.3) is 0 Å². The molecule has 0 radical (unpaired) electrons. The van der Waals surface area contributed by atoms with Crippen molar-refractivity contribution in [2.45, 2.75) is 38.6 Å². The van der Waals surface area contributed by atoms with Crippen LogP contribution in [0, 0.1) is 17.7 Å². The van der Waals surface area contributed by atoms with E-state index < -0.39 is 0 Å². The summed E-state index contributed by atoms with van der Waals surface area (Å²) in [6, 6.07) is 6.77. The van der Waals surface area contributed by atoms with E-state index in [2.05, 4.69) is 10.2 Å². The number of ether oxygens (including phenoxy) is 1. The van der Waals surface area contributed by atoms with Gasteiger partial charge in [-0.15, -0.1) is 0 Å². The minimum atomic E-state index is -0.182. The largest absolute Gasteiger partial charge is 0.381 e. The number of halogens is 1. The summed E-state index contributed by atoms with van der Waals surface area (Å²) < 4.78 is 18.3. The number of hydrogen-bond acceptors (Lipinski definition) is 3. The second kappa shape index (κ2) is 9.30. The molecular weight excluding hydrogens is 319 g/mol. The van der Waals surface area contributed by atoms with Crippen molar-refractivity contribution in [3.8, 4) is 0 Å². The third kappa shape index (κ3) is 6.08. The Morgan fingerprint density at radius 3 is 2.44 bits per heavy atom. The molecule has 138 valence electrons. The number of likely N-dealkylation sites (tertiary alicyclic amines) is 1. The lowest BCUT2D eigenvalue weighted by atomic mass is 9.94. The first-order chi connectivity index (χ1) is 12.2. The molecule has 5 heteroatoms. The van der Waals surface area contributed by atoms with Crippen molar-refractivity contribution in [2.24, 2.45) is 11.8 Å². The van der Waals surface area contributed by atoms with Crippen LogP contribution < -0.4 is 5.32 Å². The summed E-state index contributed by atoms with van der Waals surface area (Å²) in [5, 5.41) is 3.13. The predicted octanol–water partition coefficient (Wildman–Crippen LogP) is 2.97. The number of carbonyl (C=O) groups excluding carboxylic acids is 1. The van der Waals surface area contributed by atoms with Gasteiger partial charge in [-0.3, -0.25) is 9.69 Å². The molecule has 0 atom stereocenters. The van der Waals surface area contributed by atoms with Gasteiger partial charge in [0, 0.05) is 32.7 Å². The van der Waals surface area contributed by atoms with Crippen molar-refractivity contribution >= 4 is 5.91 Å². The Kier molecular flexibility index (Phi) is 6.82. The molecule has 1 amide bonds. The summed E-state index contributed by atoms with van der Waals surface area (Å²) in [6.45, 7) is 5.35. The van der Waals surface area contributed by atoms with Crippen molar-refractivity contribution in [2.75, 3.05) is 32.8 Å². The van der Waals surface area contributed by atoms with Gasteiger partial charge in [0.2, 0.25) is 5.91 Å². The molecule has 2 heterocycles. The molecule has 0 unspecified atom stereocenters. The van der Waals surface area contributed by atoms with Crippen LogP contribution in [0.25, 0.3) is 0 Å². The number of benzene rings is 1. The highest BCUT2D eigenvalue weighted by Crippen LogP contribution is 2.20. The molecule has 3 rings (SSSR count). The topological polar surface area (TPSA) is 41.6 Å². The van der Waals surface area contributed by atoms with Crippen LogP contribution in [0.5, 0.6) is 0 Å². The van der Waals surface area contributed by atoms with Gasteiger partial charge in [-0.05, 0) is 68.3 Å². The summed E-state index contributed by atoms with van der Waals surface area (Å²) in [7, 11) is 0. The number of hydrogen-bond donors (Lipinski definition) is 1. The summed E-state index contributed by atoms with van der Waals surface area (Å²) in [4.78, 5) is 14.5. The van der Waals surface area contributed by atoms with E-state index in [1.807, 2.05) is 12.1 Å². The maximum Gasteiger partial charge on any atom is 0.220 e. The molecule has 0 aromatic heterocycles. The standard InChI is InChI=1S/C20H29FN2O2/c21-19-3-1-18(2-4-19)15-23-9-5-17(6-10-23)14-22-20(24)13-16-7-11-25-12-8-16/h1-4,16-17H,5-15H2,(H,22,24). The fourth-order valence-electron chi connectivity index (χ4n) is 3.74. The molecule has 0 spiro atoms. The fourth-order valence-corrected chi connectivity index (χ4v) is 3.74. The SMILES string of the molecule is O=C(CC1CCOCC1)NCC1CCN(Cc2ccc(F)cc2)CC1. The molecule has 4 nitrogen and oxygen atoms in total. The molecular formula is C20H29FN2O2. The molecule has 2 aliphatic rings. The van der Waals surface area contributed by atoms with Crippen molar-refractivity contribution in [3.63, 3.8) is 0 Å². The predicted molar refractivity (Wildman–Crippen MR) is 95.6 cm³/mol. The van der Waals surface area contributed by atoms with E-state index in [0.29, 0.717) is 18.3 Å². The van der Waals surface area contributed by atoms with Crippen LogP contribution >= 0.6 is 0 Å². The molecule has 1 N–H and O–H groups in total. The van der Waals surface area contributed by atoms with Crippen LogP contribution in [-0.4, -0.2) is 43.7 Å². The average Bonchev–Trinajstić information content (AvgIpc) is 2.64. The first-order valence-electron chi connectivity index (χ1n) is 9.50. The van der Waals surface area contributed by atoms with E-state index in [0.717, 1.165) is 70.6 Å². The van der Waals surface area contributed by atoms with Gasteiger partial charge in [0.15, 0.2) is 0 Å². The maximum absolute atomic E-state index is 13.0. The van der Waals surface area contributed by atoms with Crippen molar-refractivity contribution < 1.29 is 13.9 Å². The van der Waals surface area contributed by atoms with E-state index in [4.69, 9.17) is 4.74 Å². The molecule has 0 bridgehead atoms. The quantitative estimate of drug-likeness (QED) is 0.859. The van der Waals surface area contributed by atoms with Crippen LogP contribution in [-0.2, 0) is 16.1 Å². The Morgan fingerprint density at radius 2 is 1.76 bits per heavy atom. The highest BCUT2D eigenvalue weighted by atomic mass is 19.1. The first kappa shape index (κ1) is 18.3. The van der Waals surface area contributed by atoms with Gasteiger partial charge < -0.3 is 10.1 Å². The number of nitrogens with zero attached hydrogens (tertiary/aromatic N) is 1. The van der Waals surface area contributed by atoms with Crippen molar-refractivity contribution in [3.05, 3.63) is 35.6 Å². The molecule has 2 aliphatic heterocycles. The van der Waals surface area contributed by atoms with E-state index in [1.54, 1.807) is 0 Å². The Balaban J connectivity index is 1.32. The zero-order valence-electron chi connectivity index (χ0n) is 14.9.